The van der Waals surface area contributed by atoms with Crippen molar-refractivity contribution in [2.24, 2.45) is 0 Å². The number of thioether (sulfide) groups is 1. The second-order valence-corrected chi connectivity index (χ2v) is 7.26. The summed E-state index contributed by atoms with van der Waals surface area (Å²) in [5, 5.41) is 11.4. The summed E-state index contributed by atoms with van der Waals surface area (Å²) in [7, 11) is 0. The smallest absolute Gasteiger partial charge is 0.123 e. The lowest BCUT2D eigenvalue weighted by Crippen LogP contribution is -2.41. The normalized spacial score (nSPS) is 26.3. The van der Waals surface area contributed by atoms with E-state index in [1.807, 2.05) is 11.8 Å². The molecule has 1 fully saturated rings. The van der Waals surface area contributed by atoms with Crippen molar-refractivity contribution < 1.29 is 9.50 Å². The fraction of sp³-hybridized carbons (Fsp3) is 0.600. The summed E-state index contributed by atoms with van der Waals surface area (Å²) in [6.07, 6.45) is 0.0870. The van der Waals surface area contributed by atoms with Gasteiger partial charge < -0.3 is 10.0 Å². The quantitative estimate of drug-likeness (QED) is 0.918. The Morgan fingerprint density at radius 2 is 2.05 bits per heavy atom. The van der Waals surface area contributed by atoms with E-state index in [2.05, 4.69) is 18.7 Å². The molecule has 1 N–H and O–H groups in total. The average Bonchev–Trinajstić information content (AvgIpc) is 2.35. The van der Waals surface area contributed by atoms with Crippen LogP contribution < -0.4 is 0 Å². The first-order chi connectivity index (χ1) is 9.04. The van der Waals surface area contributed by atoms with Gasteiger partial charge in [-0.25, -0.2) is 4.39 Å². The van der Waals surface area contributed by atoms with E-state index >= 15 is 0 Å². The zero-order valence-electron chi connectivity index (χ0n) is 11.6. The van der Waals surface area contributed by atoms with Crippen molar-refractivity contribution in [3.05, 3.63) is 35.6 Å². The van der Waals surface area contributed by atoms with Gasteiger partial charge in [-0.2, -0.15) is 11.8 Å². The Balaban J connectivity index is 1.84. The van der Waals surface area contributed by atoms with Crippen molar-refractivity contribution in [2.75, 3.05) is 19.6 Å². The third-order valence-corrected chi connectivity index (χ3v) is 4.67. The maximum absolute atomic E-state index is 13.1. The minimum absolute atomic E-state index is 0.284. The topological polar surface area (TPSA) is 23.5 Å². The molecule has 2 rings (SSSR count). The molecule has 2 nitrogen and oxygen atoms in total. The van der Waals surface area contributed by atoms with E-state index in [-0.39, 0.29) is 5.82 Å². The minimum Gasteiger partial charge on any atom is -0.388 e. The number of benzene rings is 1. The highest BCUT2D eigenvalue weighted by Gasteiger charge is 2.22. The fourth-order valence-corrected chi connectivity index (χ4v) is 4.04. The first-order valence-corrected chi connectivity index (χ1v) is 7.80. The van der Waals surface area contributed by atoms with Gasteiger partial charge in [-0.3, -0.25) is 0 Å². The van der Waals surface area contributed by atoms with E-state index < -0.39 is 6.10 Å². The lowest BCUT2D eigenvalue weighted by atomic mass is 10.1. The van der Waals surface area contributed by atoms with Crippen molar-refractivity contribution in [1.29, 1.82) is 0 Å². The van der Waals surface area contributed by atoms with Gasteiger partial charge in [0.2, 0.25) is 0 Å². The summed E-state index contributed by atoms with van der Waals surface area (Å²) in [6.45, 7) is 7.51. The number of aliphatic hydroxyl groups excluding tert-OH is 1. The van der Waals surface area contributed by atoms with Crippen molar-refractivity contribution in [2.45, 2.75) is 36.9 Å². The SMILES string of the molecule is CC1CN(CCC(O)c2cccc(F)c2)CC(C)S1. The molecule has 3 atom stereocenters. The maximum Gasteiger partial charge on any atom is 0.123 e. The highest BCUT2D eigenvalue weighted by atomic mass is 32.2. The lowest BCUT2D eigenvalue weighted by Gasteiger charge is -2.35. The van der Waals surface area contributed by atoms with E-state index in [4.69, 9.17) is 0 Å². The summed E-state index contributed by atoms with van der Waals surface area (Å²) in [4.78, 5) is 2.40. The Labute approximate surface area is 119 Å². The molecule has 19 heavy (non-hydrogen) atoms. The molecule has 1 aromatic carbocycles. The molecule has 0 spiro atoms. The van der Waals surface area contributed by atoms with Crippen LogP contribution >= 0.6 is 11.8 Å². The molecular weight excluding hydrogens is 261 g/mol. The van der Waals surface area contributed by atoms with Gasteiger partial charge in [-0.1, -0.05) is 26.0 Å². The molecule has 4 heteroatoms. The molecule has 0 amide bonds. The highest BCUT2D eigenvalue weighted by molar-refractivity contribution is 8.00. The Bertz CT molecular complexity index is 405. The zero-order valence-corrected chi connectivity index (χ0v) is 12.4. The first kappa shape index (κ1) is 14.8. The van der Waals surface area contributed by atoms with Crippen LogP contribution in [0.15, 0.2) is 24.3 Å². The summed E-state index contributed by atoms with van der Waals surface area (Å²) in [5.74, 6) is -0.284. The van der Waals surface area contributed by atoms with Crippen LogP contribution in [-0.4, -0.2) is 40.1 Å². The Hall–Kier alpha value is -0.580. The van der Waals surface area contributed by atoms with E-state index in [9.17, 15) is 9.50 Å². The van der Waals surface area contributed by atoms with Crippen molar-refractivity contribution in [1.82, 2.24) is 4.90 Å². The number of rotatable bonds is 4. The molecule has 106 valence electrons. The van der Waals surface area contributed by atoms with Gasteiger partial charge in [0.05, 0.1) is 6.10 Å². The molecule has 0 aliphatic carbocycles. The fourth-order valence-electron chi connectivity index (χ4n) is 2.65. The number of hydrogen-bond donors (Lipinski definition) is 1. The third kappa shape index (κ3) is 4.48. The number of nitrogens with zero attached hydrogens (tertiary/aromatic N) is 1. The third-order valence-electron chi connectivity index (χ3n) is 3.45. The molecule has 0 bridgehead atoms. The molecule has 3 unspecified atom stereocenters. The van der Waals surface area contributed by atoms with Crippen LogP contribution in [0.5, 0.6) is 0 Å². The predicted octanol–water partition coefficient (Wildman–Crippen LogP) is 3.08. The van der Waals surface area contributed by atoms with Crippen LogP contribution in [0.2, 0.25) is 0 Å². The van der Waals surface area contributed by atoms with E-state index in [0.29, 0.717) is 22.5 Å². The van der Waals surface area contributed by atoms with Gasteiger partial charge in [0.1, 0.15) is 5.82 Å². The lowest BCUT2D eigenvalue weighted by molar-refractivity contribution is 0.141. The number of hydrogen-bond acceptors (Lipinski definition) is 3. The molecule has 1 saturated heterocycles. The predicted molar refractivity (Wildman–Crippen MR) is 78.9 cm³/mol. The summed E-state index contributed by atoms with van der Waals surface area (Å²) >= 11 is 2.02. The van der Waals surface area contributed by atoms with Crippen LogP contribution in [0.4, 0.5) is 4.39 Å². The Morgan fingerprint density at radius 3 is 2.68 bits per heavy atom. The van der Waals surface area contributed by atoms with Crippen molar-refractivity contribution in [3.63, 3.8) is 0 Å². The van der Waals surface area contributed by atoms with Crippen molar-refractivity contribution in [3.8, 4) is 0 Å². The zero-order chi connectivity index (χ0) is 13.8. The van der Waals surface area contributed by atoms with Gasteiger partial charge in [0, 0.05) is 30.1 Å². The number of aliphatic hydroxyl groups is 1. The average molecular weight is 283 g/mol. The van der Waals surface area contributed by atoms with Crippen LogP contribution in [-0.2, 0) is 0 Å². The van der Waals surface area contributed by atoms with Gasteiger partial charge in [-0.15, -0.1) is 0 Å². The highest BCUT2D eigenvalue weighted by Crippen LogP contribution is 2.26. The maximum atomic E-state index is 13.1. The number of halogens is 1. The van der Waals surface area contributed by atoms with E-state index in [0.717, 1.165) is 19.6 Å². The molecule has 1 aromatic rings. The molecule has 0 saturated carbocycles. The van der Waals surface area contributed by atoms with Crippen LogP contribution in [0.25, 0.3) is 0 Å². The summed E-state index contributed by atoms with van der Waals surface area (Å²) < 4.78 is 13.1. The van der Waals surface area contributed by atoms with Crippen LogP contribution in [0.1, 0.15) is 31.9 Å². The molecule has 1 aliphatic rings. The second-order valence-electron chi connectivity index (χ2n) is 5.38. The van der Waals surface area contributed by atoms with Gasteiger partial charge in [-0.05, 0) is 24.1 Å². The van der Waals surface area contributed by atoms with Crippen molar-refractivity contribution >= 4 is 11.8 Å². The molecule has 1 aliphatic heterocycles. The summed E-state index contributed by atoms with van der Waals surface area (Å²) in [5.41, 5.74) is 0.674. The van der Waals surface area contributed by atoms with Gasteiger partial charge in [0.25, 0.3) is 0 Å². The Kier molecular flexibility index (Phi) is 5.25. The van der Waals surface area contributed by atoms with E-state index in [1.165, 1.54) is 12.1 Å². The van der Waals surface area contributed by atoms with Crippen LogP contribution in [0, 0.1) is 5.82 Å². The molecule has 0 aromatic heterocycles. The van der Waals surface area contributed by atoms with E-state index in [1.54, 1.807) is 12.1 Å². The standard InChI is InChI=1S/C15H22FNOS/c1-11-9-17(10-12(2)19-11)7-6-15(18)13-4-3-5-14(16)8-13/h3-5,8,11-12,15,18H,6-7,9-10H2,1-2H3. The molecule has 1 heterocycles. The Morgan fingerprint density at radius 1 is 1.37 bits per heavy atom. The summed E-state index contributed by atoms with van der Waals surface area (Å²) in [6, 6.07) is 6.25. The van der Waals surface area contributed by atoms with Crippen LogP contribution in [0.3, 0.4) is 0 Å². The van der Waals surface area contributed by atoms with Gasteiger partial charge >= 0.3 is 0 Å². The van der Waals surface area contributed by atoms with Gasteiger partial charge in [0.15, 0.2) is 0 Å². The largest absolute Gasteiger partial charge is 0.388 e. The first-order valence-electron chi connectivity index (χ1n) is 6.86. The molecule has 0 radical (unpaired) electrons. The molecular formula is C15H22FNOS. The second kappa shape index (κ2) is 6.73. The monoisotopic (exact) mass is 283 g/mol. The minimum atomic E-state index is -0.573.